The van der Waals surface area contributed by atoms with Crippen LogP contribution in [0.1, 0.15) is 26.7 Å². The summed E-state index contributed by atoms with van der Waals surface area (Å²) in [7, 11) is 0. The van der Waals surface area contributed by atoms with Crippen molar-refractivity contribution in [3.63, 3.8) is 0 Å². The summed E-state index contributed by atoms with van der Waals surface area (Å²) in [5, 5.41) is 8.95. The first-order valence-electron chi connectivity index (χ1n) is 8.70. The molecule has 1 atom stereocenters. The minimum absolute atomic E-state index is 0.0356. The van der Waals surface area contributed by atoms with Crippen LogP contribution in [0.3, 0.4) is 0 Å². The van der Waals surface area contributed by atoms with E-state index in [1.807, 2.05) is 0 Å². The van der Waals surface area contributed by atoms with Crippen LogP contribution >= 0.6 is 0 Å². The number of Topliss-reactive ketones (excluding diaryl/α,β-unsaturated/α-hetero) is 1. The summed E-state index contributed by atoms with van der Waals surface area (Å²) in [4.78, 5) is 30.9. The van der Waals surface area contributed by atoms with E-state index in [0.717, 1.165) is 29.8 Å². The topological polar surface area (TPSA) is 99.2 Å². The van der Waals surface area contributed by atoms with Crippen LogP contribution in [-0.2, 0) is 9.59 Å². The van der Waals surface area contributed by atoms with E-state index >= 15 is 0 Å². The highest BCUT2D eigenvalue weighted by molar-refractivity contribution is 6.04. The van der Waals surface area contributed by atoms with Gasteiger partial charge in [-0.2, -0.15) is 0 Å². The highest BCUT2D eigenvalue weighted by atomic mass is 16.3. The molecule has 2 aliphatic rings. The number of nitrogens with zero attached hydrogens (tertiary/aromatic N) is 3. The second kappa shape index (κ2) is 8.29. The first-order valence-corrected chi connectivity index (χ1v) is 8.70. The first-order chi connectivity index (χ1) is 11.8. The third kappa shape index (κ3) is 4.48. The van der Waals surface area contributed by atoms with E-state index < -0.39 is 6.61 Å². The van der Waals surface area contributed by atoms with E-state index in [2.05, 4.69) is 23.4 Å². The van der Waals surface area contributed by atoms with Crippen molar-refractivity contribution in [2.75, 3.05) is 39.3 Å². The molecule has 1 unspecified atom stereocenters. The number of allylic oxidation sites excluding steroid dienone is 1. The number of amides is 1. The van der Waals surface area contributed by atoms with Gasteiger partial charge in [0, 0.05) is 37.5 Å². The first kappa shape index (κ1) is 19.2. The lowest BCUT2D eigenvalue weighted by Gasteiger charge is -2.37. The largest absolute Gasteiger partial charge is 0.397 e. The van der Waals surface area contributed by atoms with Crippen LogP contribution in [0.15, 0.2) is 28.5 Å². The van der Waals surface area contributed by atoms with Crippen LogP contribution < -0.4 is 5.73 Å². The number of carbonyl (C=O) groups excluding carboxylic acids is 2. The van der Waals surface area contributed by atoms with Gasteiger partial charge in [0.1, 0.15) is 6.61 Å². The molecule has 1 amide bonds. The van der Waals surface area contributed by atoms with Crippen LogP contribution in [0.2, 0.25) is 0 Å². The SMILES string of the molecule is C=C(/C(N)=C1/C(=NCC(C)=O)CCC1C)N1CCN(C(=O)CO)CC1. The molecule has 2 fully saturated rings. The second-order valence-corrected chi connectivity index (χ2v) is 6.70. The molecule has 3 N–H and O–H groups in total. The quantitative estimate of drug-likeness (QED) is 0.745. The molecule has 7 heteroatoms. The van der Waals surface area contributed by atoms with Crippen molar-refractivity contribution in [3.05, 3.63) is 23.5 Å². The summed E-state index contributed by atoms with van der Waals surface area (Å²) in [5.41, 5.74) is 9.71. The lowest BCUT2D eigenvalue weighted by Crippen LogP contribution is -2.49. The number of carbonyl (C=O) groups is 2. The molecule has 0 aromatic rings. The third-order valence-electron chi connectivity index (χ3n) is 4.86. The van der Waals surface area contributed by atoms with Gasteiger partial charge in [0.25, 0.3) is 0 Å². The molecule has 138 valence electrons. The van der Waals surface area contributed by atoms with Gasteiger partial charge in [-0.3, -0.25) is 14.6 Å². The van der Waals surface area contributed by atoms with E-state index in [9.17, 15) is 9.59 Å². The van der Waals surface area contributed by atoms with Gasteiger partial charge < -0.3 is 20.6 Å². The number of piperazine rings is 1. The number of aliphatic hydroxyl groups excluding tert-OH is 1. The van der Waals surface area contributed by atoms with Crippen molar-refractivity contribution >= 4 is 17.4 Å². The Balaban J connectivity index is 2.12. The molecule has 0 aromatic carbocycles. The van der Waals surface area contributed by atoms with Crippen LogP contribution in [-0.4, -0.2) is 71.6 Å². The molecular formula is C18H28N4O3. The molecule has 1 saturated heterocycles. The molecule has 1 heterocycles. The van der Waals surface area contributed by atoms with Crippen molar-refractivity contribution < 1.29 is 14.7 Å². The van der Waals surface area contributed by atoms with Gasteiger partial charge in [-0.1, -0.05) is 13.5 Å². The Morgan fingerprint density at radius 3 is 2.44 bits per heavy atom. The highest BCUT2D eigenvalue weighted by Crippen LogP contribution is 2.32. The Labute approximate surface area is 148 Å². The van der Waals surface area contributed by atoms with E-state index in [-0.39, 0.29) is 18.2 Å². The number of nitrogens with two attached hydrogens (primary N) is 1. The fraction of sp³-hybridized carbons (Fsp3) is 0.611. The third-order valence-corrected chi connectivity index (χ3v) is 4.86. The summed E-state index contributed by atoms with van der Waals surface area (Å²) in [5.74, 6) is 0.0767. The molecule has 2 rings (SSSR count). The molecule has 1 aliphatic heterocycles. The van der Waals surface area contributed by atoms with Crippen molar-refractivity contribution in [1.29, 1.82) is 0 Å². The molecule has 0 aromatic heterocycles. The average Bonchev–Trinajstić information content (AvgIpc) is 2.98. The molecule has 25 heavy (non-hydrogen) atoms. The molecule has 0 bridgehead atoms. The van der Waals surface area contributed by atoms with Crippen molar-refractivity contribution in [2.45, 2.75) is 26.7 Å². The standard InChI is InChI=1S/C18H28N4O3/c1-12-4-5-15(20-10-13(2)24)17(12)18(19)14(3)21-6-8-22(9-7-21)16(25)11-23/h12,23H,3-11,19H2,1-2H3/b18-17-,20-15?. The van der Waals surface area contributed by atoms with Gasteiger partial charge in [-0.05, 0) is 25.7 Å². The number of hydrogen-bond acceptors (Lipinski definition) is 6. The molecular weight excluding hydrogens is 320 g/mol. The molecule has 0 spiro atoms. The summed E-state index contributed by atoms with van der Waals surface area (Å²) in [6.45, 7) is 9.87. The van der Waals surface area contributed by atoms with Gasteiger partial charge in [-0.15, -0.1) is 0 Å². The van der Waals surface area contributed by atoms with Crippen molar-refractivity contribution in [2.24, 2.45) is 16.6 Å². The molecule has 1 saturated carbocycles. The van der Waals surface area contributed by atoms with E-state index in [1.165, 1.54) is 6.92 Å². The summed E-state index contributed by atoms with van der Waals surface area (Å²) in [6.07, 6.45) is 1.80. The Morgan fingerprint density at radius 2 is 1.88 bits per heavy atom. The minimum Gasteiger partial charge on any atom is -0.397 e. The summed E-state index contributed by atoms with van der Waals surface area (Å²) < 4.78 is 0. The van der Waals surface area contributed by atoms with Crippen LogP contribution in [0.5, 0.6) is 0 Å². The van der Waals surface area contributed by atoms with Crippen molar-refractivity contribution in [3.8, 4) is 0 Å². The maximum atomic E-state index is 11.6. The predicted molar refractivity (Wildman–Crippen MR) is 97.0 cm³/mol. The number of aliphatic imine (C=N–C) groups is 1. The van der Waals surface area contributed by atoms with Crippen molar-refractivity contribution in [1.82, 2.24) is 9.80 Å². The minimum atomic E-state index is -0.458. The van der Waals surface area contributed by atoms with Crippen LogP contribution in [0.25, 0.3) is 0 Å². The highest BCUT2D eigenvalue weighted by Gasteiger charge is 2.29. The zero-order valence-electron chi connectivity index (χ0n) is 15.1. The molecule has 1 aliphatic carbocycles. The maximum Gasteiger partial charge on any atom is 0.248 e. The lowest BCUT2D eigenvalue weighted by molar-refractivity contribution is -0.135. The fourth-order valence-electron chi connectivity index (χ4n) is 3.36. The smallest absolute Gasteiger partial charge is 0.248 e. The lowest BCUT2D eigenvalue weighted by atomic mass is 10.0. The Kier molecular flexibility index (Phi) is 6.36. The van der Waals surface area contributed by atoms with Crippen LogP contribution in [0, 0.1) is 5.92 Å². The molecule has 0 radical (unpaired) electrons. The number of aliphatic hydroxyl groups is 1. The fourth-order valence-corrected chi connectivity index (χ4v) is 3.36. The second-order valence-electron chi connectivity index (χ2n) is 6.70. The van der Waals surface area contributed by atoms with Gasteiger partial charge in [0.2, 0.25) is 5.91 Å². The van der Waals surface area contributed by atoms with E-state index in [1.54, 1.807) is 4.90 Å². The van der Waals surface area contributed by atoms with Gasteiger partial charge in [0.05, 0.1) is 17.9 Å². The monoisotopic (exact) mass is 348 g/mol. The Bertz CT molecular complexity index is 616. The maximum absolute atomic E-state index is 11.6. The average molecular weight is 348 g/mol. The Hall–Kier alpha value is -2.15. The summed E-state index contributed by atoms with van der Waals surface area (Å²) >= 11 is 0. The predicted octanol–water partition coefficient (Wildman–Crippen LogP) is 0.309. The zero-order valence-corrected chi connectivity index (χ0v) is 15.1. The number of ketones is 1. The molecule has 7 nitrogen and oxygen atoms in total. The normalized spacial score (nSPS) is 24.6. The Morgan fingerprint density at radius 1 is 1.28 bits per heavy atom. The number of hydrogen-bond donors (Lipinski definition) is 2. The van der Waals surface area contributed by atoms with Crippen LogP contribution in [0.4, 0.5) is 0 Å². The zero-order chi connectivity index (χ0) is 18.6. The number of rotatable bonds is 5. The van der Waals surface area contributed by atoms with E-state index in [4.69, 9.17) is 10.8 Å². The van der Waals surface area contributed by atoms with Gasteiger partial charge in [-0.25, -0.2) is 0 Å². The van der Waals surface area contributed by atoms with Gasteiger partial charge in [0.15, 0.2) is 5.78 Å². The van der Waals surface area contributed by atoms with Gasteiger partial charge >= 0.3 is 0 Å². The summed E-state index contributed by atoms with van der Waals surface area (Å²) in [6, 6.07) is 0. The van der Waals surface area contributed by atoms with E-state index in [0.29, 0.717) is 37.8 Å².